The van der Waals surface area contributed by atoms with Crippen LogP contribution in [0.3, 0.4) is 0 Å². The first kappa shape index (κ1) is 19.1. The van der Waals surface area contributed by atoms with Crippen LogP contribution in [0, 0.1) is 0 Å². The fraction of sp³-hybridized carbons (Fsp3) is 0.304. The largest absolute Gasteiger partial charge is 0.276 e. The highest BCUT2D eigenvalue weighted by Gasteiger charge is 2.39. The number of aryl methyl sites for hydroxylation is 1. The lowest BCUT2D eigenvalue weighted by molar-refractivity contribution is 0.591. The Balaban J connectivity index is 1.58. The molecule has 0 amide bonds. The van der Waals surface area contributed by atoms with Crippen molar-refractivity contribution in [1.29, 1.82) is 0 Å². The number of fused-ring (bicyclic) bond motifs is 1. The summed E-state index contributed by atoms with van der Waals surface area (Å²) in [6, 6.07) is 10.7. The Kier molecular flexibility index (Phi) is 4.70. The van der Waals surface area contributed by atoms with Gasteiger partial charge in [-0.05, 0) is 55.0 Å². The SMILES string of the molecule is Cn1cc(C2CN(S(=O)(=O)c3ccccc3)c3ncc(CC4=CCCC4)cc32)cn1. The molecule has 1 unspecified atom stereocenters. The van der Waals surface area contributed by atoms with E-state index in [4.69, 9.17) is 0 Å². The second-order valence-corrected chi connectivity index (χ2v) is 9.90. The number of allylic oxidation sites excluding steroid dienone is 2. The highest BCUT2D eigenvalue weighted by atomic mass is 32.2. The van der Waals surface area contributed by atoms with Gasteiger partial charge in [0.15, 0.2) is 0 Å². The van der Waals surface area contributed by atoms with Crippen molar-refractivity contribution in [2.24, 2.45) is 7.05 Å². The quantitative estimate of drug-likeness (QED) is 0.589. The highest BCUT2D eigenvalue weighted by molar-refractivity contribution is 7.92. The number of sulfonamides is 1. The zero-order valence-electron chi connectivity index (χ0n) is 16.9. The Labute approximate surface area is 176 Å². The molecule has 154 valence electrons. The summed E-state index contributed by atoms with van der Waals surface area (Å²) in [5.74, 6) is 0.439. The lowest BCUT2D eigenvalue weighted by atomic mass is 9.95. The Morgan fingerprint density at radius 1 is 1.17 bits per heavy atom. The van der Waals surface area contributed by atoms with Crippen molar-refractivity contribution in [2.45, 2.75) is 36.5 Å². The Bertz CT molecular complexity index is 1220. The van der Waals surface area contributed by atoms with Crippen LogP contribution < -0.4 is 4.31 Å². The van der Waals surface area contributed by atoms with Gasteiger partial charge in [-0.1, -0.05) is 29.8 Å². The first-order valence-corrected chi connectivity index (χ1v) is 11.7. The molecule has 1 aromatic carbocycles. The third-order valence-electron chi connectivity index (χ3n) is 5.94. The van der Waals surface area contributed by atoms with Crippen molar-refractivity contribution < 1.29 is 8.42 Å². The van der Waals surface area contributed by atoms with Gasteiger partial charge in [0.25, 0.3) is 10.0 Å². The van der Waals surface area contributed by atoms with Gasteiger partial charge >= 0.3 is 0 Å². The Hall–Kier alpha value is -2.93. The number of hydrogen-bond donors (Lipinski definition) is 0. The summed E-state index contributed by atoms with van der Waals surface area (Å²) in [7, 11) is -1.82. The van der Waals surface area contributed by atoms with Gasteiger partial charge in [0.05, 0.1) is 11.1 Å². The van der Waals surface area contributed by atoms with E-state index in [1.165, 1.54) is 16.3 Å². The van der Waals surface area contributed by atoms with Gasteiger partial charge in [0.2, 0.25) is 0 Å². The monoisotopic (exact) mass is 420 g/mol. The summed E-state index contributed by atoms with van der Waals surface area (Å²) >= 11 is 0. The molecule has 5 rings (SSSR count). The maximum Gasteiger partial charge on any atom is 0.265 e. The van der Waals surface area contributed by atoms with Crippen LogP contribution in [0.2, 0.25) is 0 Å². The van der Waals surface area contributed by atoms with Crippen molar-refractivity contribution >= 4 is 15.8 Å². The number of hydrogen-bond acceptors (Lipinski definition) is 4. The van der Waals surface area contributed by atoms with Gasteiger partial charge in [0, 0.05) is 37.5 Å². The number of benzene rings is 1. The maximum absolute atomic E-state index is 13.4. The number of nitrogens with zero attached hydrogens (tertiary/aromatic N) is 4. The van der Waals surface area contributed by atoms with Gasteiger partial charge in [-0.15, -0.1) is 0 Å². The van der Waals surface area contributed by atoms with E-state index in [-0.39, 0.29) is 10.8 Å². The van der Waals surface area contributed by atoms with Crippen molar-refractivity contribution in [3.63, 3.8) is 0 Å². The molecule has 0 spiro atoms. The van der Waals surface area contributed by atoms with E-state index in [0.29, 0.717) is 12.4 Å². The van der Waals surface area contributed by atoms with E-state index in [1.54, 1.807) is 28.9 Å². The molecule has 3 heterocycles. The first-order chi connectivity index (χ1) is 14.5. The van der Waals surface area contributed by atoms with E-state index < -0.39 is 10.0 Å². The number of anilines is 1. The van der Waals surface area contributed by atoms with Gasteiger partial charge in [-0.2, -0.15) is 5.10 Å². The molecule has 30 heavy (non-hydrogen) atoms. The number of aromatic nitrogens is 3. The maximum atomic E-state index is 13.4. The van der Waals surface area contributed by atoms with Gasteiger partial charge < -0.3 is 0 Å². The molecule has 2 aromatic heterocycles. The van der Waals surface area contributed by atoms with E-state index in [9.17, 15) is 8.42 Å². The fourth-order valence-electron chi connectivity index (χ4n) is 4.43. The predicted molar refractivity (Wildman–Crippen MR) is 116 cm³/mol. The van der Waals surface area contributed by atoms with Crippen LogP contribution in [-0.4, -0.2) is 29.7 Å². The molecule has 0 saturated carbocycles. The average molecular weight is 421 g/mol. The van der Waals surface area contributed by atoms with E-state index in [0.717, 1.165) is 36.0 Å². The molecule has 0 fully saturated rings. The summed E-state index contributed by atoms with van der Waals surface area (Å²) in [5.41, 5.74) is 4.54. The van der Waals surface area contributed by atoms with Crippen LogP contribution in [0.25, 0.3) is 0 Å². The molecule has 0 N–H and O–H groups in total. The third-order valence-corrected chi connectivity index (χ3v) is 7.71. The second kappa shape index (κ2) is 7.40. The van der Waals surface area contributed by atoms with Crippen LogP contribution in [0.5, 0.6) is 0 Å². The molecule has 0 saturated heterocycles. The van der Waals surface area contributed by atoms with Crippen LogP contribution in [0.15, 0.2) is 71.5 Å². The summed E-state index contributed by atoms with van der Waals surface area (Å²) < 4.78 is 30.0. The van der Waals surface area contributed by atoms with E-state index >= 15 is 0 Å². The van der Waals surface area contributed by atoms with Gasteiger partial charge in [0.1, 0.15) is 5.82 Å². The molecule has 1 aliphatic heterocycles. The minimum absolute atomic E-state index is 0.0859. The molecule has 6 nitrogen and oxygen atoms in total. The predicted octanol–water partition coefficient (Wildman–Crippen LogP) is 3.81. The van der Waals surface area contributed by atoms with Crippen LogP contribution in [-0.2, 0) is 23.5 Å². The van der Waals surface area contributed by atoms with Crippen LogP contribution in [0.4, 0.5) is 5.82 Å². The Morgan fingerprint density at radius 3 is 2.70 bits per heavy atom. The third kappa shape index (κ3) is 3.33. The smallest absolute Gasteiger partial charge is 0.265 e. The molecule has 0 bridgehead atoms. The minimum Gasteiger partial charge on any atom is -0.276 e. The summed E-state index contributed by atoms with van der Waals surface area (Å²) in [6.07, 6.45) is 12.3. The van der Waals surface area contributed by atoms with Crippen molar-refractivity contribution in [2.75, 3.05) is 10.8 Å². The van der Waals surface area contributed by atoms with Gasteiger partial charge in [-0.25, -0.2) is 17.7 Å². The summed E-state index contributed by atoms with van der Waals surface area (Å²) in [4.78, 5) is 4.93. The summed E-state index contributed by atoms with van der Waals surface area (Å²) in [6.45, 7) is 0.331. The van der Waals surface area contributed by atoms with Crippen molar-refractivity contribution in [3.8, 4) is 0 Å². The molecule has 0 radical (unpaired) electrons. The molecule has 3 aromatic rings. The van der Waals surface area contributed by atoms with Crippen LogP contribution >= 0.6 is 0 Å². The molecular formula is C23H24N4O2S. The lowest BCUT2D eigenvalue weighted by Gasteiger charge is -2.19. The molecule has 2 aliphatic rings. The molecule has 1 aliphatic carbocycles. The Morgan fingerprint density at radius 2 is 2.00 bits per heavy atom. The van der Waals surface area contributed by atoms with Crippen LogP contribution in [0.1, 0.15) is 41.9 Å². The normalized spacial score (nSPS) is 18.5. The number of pyridine rings is 1. The average Bonchev–Trinajstić information content (AvgIpc) is 3.48. The molecular weight excluding hydrogens is 396 g/mol. The summed E-state index contributed by atoms with van der Waals surface area (Å²) in [5, 5.41) is 4.30. The lowest BCUT2D eigenvalue weighted by Crippen LogP contribution is -2.30. The fourth-order valence-corrected chi connectivity index (χ4v) is 5.91. The zero-order chi connectivity index (χ0) is 20.7. The number of rotatable bonds is 5. The highest BCUT2D eigenvalue weighted by Crippen LogP contribution is 2.42. The first-order valence-electron chi connectivity index (χ1n) is 10.3. The van der Waals surface area contributed by atoms with Crippen molar-refractivity contribution in [1.82, 2.24) is 14.8 Å². The van der Waals surface area contributed by atoms with E-state index in [2.05, 4.69) is 22.2 Å². The van der Waals surface area contributed by atoms with E-state index in [1.807, 2.05) is 31.7 Å². The second-order valence-electron chi connectivity index (χ2n) is 8.04. The molecule has 1 atom stereocenters. The van der Waals surface area contributed by atoms with Gasteiger partial charge in [-0.3, -0.25) is 4.68 Å². The zero-order valence-corrected chi connectivity index (χ0v) is 17.7. The van der Waals surface area contributed by atoms with Crippen molar-refractivity contribution in [3.05, 3.63) is 83.3 Å². The molecule has 7 heteroatoms. The topological polar surface area (TPSA) is 68.1 Å². The minimum atomic E-state index is -3.69. The standard InChI is InChI=1S/C23H24N4O2S/c1-26-15-19(14-25-26)22-16-27(30(28,29)20-9-3-2-4-10-20)23-21(22)12-18(13-24-23)11-17-7-5-6-8-17/h2-4,7,9-10,12-15,22H,5-6,8,11,16H2,1H3.